The number of nitrogens with one attached hydrogen (secondary N) is 2. The first-order valence-corrected chi connectivity index (χ1v) is 10.6. The first kappa shape index (κ1) is 24.7. The van der Waals surface area contributed by atoms with Gasteiger partial charge >= 0.3 is 5.97 Å². The van der Waals surface area contributed by atoms with Gasteiger partial charge in [0.1, 0.15) is 6.04 Å². The number of carbonyl (C=O) groups is 1. The molecule has 5 N–H and O–H groups in total. The number of guanidine groups is 1. The molecule has 0 bridgehead atoms. The van der Waals surface area contributed by atoms with Crippen molar-refractivity contribution in [1.82, 2.24) is 10.2 Å². The summed E-state index contributed by atoms with van der Waals surface area (Å²) >= 11 is 0. The summed E-state index contributed by atoms with van der Waals surface area (Å²) in [6, 6.07) is -0.438. The average Bonchev–Trinajstić information content (AvgIpc) is 2.60. The summed E-state index contributed by atoms with van der Waals surface area (Å²) in [5.74, 6) is -0.809. The Kier molecular flexibility index (Phi) is 16.3. The van der Waals surface area contributed by atoms with Gasteiger partial charge < -0.3 is 16.2 Å². The first-order valence-electron chi connectivity index (χ1n) is 10.6. The molecule has 26 heavy (non-hydrogen) atoms. The van der Waals surface area contributed by atoms with Gasteiger partial charge in [-0.3, -0.25) is 15.1 Å². The quantitative estimate of drug-likeness (QED) is 0.166. The van der Waals surface area contributed by atoms with E-state index in [1.807, 2.05) is 6.92 Å². The SMILES string of the molecule is CCCCCCCCCCCCN(CC)C(CCCNC(=N)N)C(=O)O. The number of unbranched alkanes of at least 4 members (excludes halogenated alkanes) is 9. The minimum absolute atomic E-state index is 0.0606. The molecule has 1 atom stereocenters. The molecule has 0 aliphatic heterocycles. The molecule has 6 nitrogen and oxygen atoms in total. The molecule has 0 saturated heterocycles. The maximum absolute atomic E-state index is 11.6. The van der Waals surface area contributed by atoms with Crippen LogP contribution in [0.3, 0.4) is 0 Å². The molecule has 0 spiro atoms. The van der Waals surface area contributed by atoms with E-state index in [1.165, 1.54) is 57.8 Å². The predicted molar refractivity (Wildman–Crippen MR) is 110 cm³/mol. The molecule has 0 aliphatic rings. The molecule has 0 aliphatic carbocycles. The highest BCUT2D eigenvalue weighted by Gasteiger charge is 2.23. The Morgan fingerprint density at radius 2 is 1.54 bits per heavy atom. The monoisotopic (exact) mass is 370 g/mol. The third-order valence-electron chi connectivity index (χ3n) is 4.90. The van der Waals surface area contributed by atoms with Crippen molar-refractivity contribution in [1.29, 1.82) is 5.41 Å². The van der Waals surface area contributed by atoms with E-state index in [0.717, 1.165) is 19.5 Å². The Bertz CT molecular complexity index is 364. The van der Waals surface area contributed by atoms with Gasteiger partial charge in [-0.15, -0.1) is 0 Å². The fraction of sp³-hybridized carbons (Fsp3) is 0.900. The first-order chi connectivity index (χ1) is 12.5. The van der Waals surface area contributed by atoms with Crippen LogP contribution in [0, 0.1) is 5.41 Å². The van der Waals surface area contributed by atoms with Crippen LogP contribution in [-0.2, 0) is 4.79 Å². The van der Waals surface area contributed by atoms with Gasteiger partial charge in [-0.25, -0.2) is 0 Å². The van der Waals surface area contributed by atoms with Crippen molar-refractivity contribution in [3.8, 4) is 0 Å². The van der Waals surface area contributed by atoms with Crippen molar-refractivity contribution in [3.05, 3.63) is 0 Å². The highest BCUT2D eigenvalue weighted by Crippen LogP contribution is 2.13. The van der Waals surface area contributed by atoms with Crippen LogP contribution in [0.2, 0.25) is 0 Å². The molecule has 0 aromatic rings. The summed E-state index contributed by atoms with van der Waals surface area (Å²) in [6.45, 7) is 6.44. The van der Waals surface area contributed by atoms with Crippen LogP contribution >= 0.6 is 0 Å². The molecule has 0 aromatic carbocycles. The summed E-state index contributed by atoms with van der Waals surface area (Å²) in [5.41, 5.74) is 5.25. The van der Waals surface area contributed by atoms with Gasteiger partial charge in [0.15, 0.2) is 5.96 Å². The highest BCUT2D eigenvalue weighted by atomic mass is 16.4. The Labute approximate surface area is 160 Å². The maximum atomic E-state index is 11.6. The Balaban J connectivity index is 3.87. The highest BCUT2D eigenvalue weighted by molar-refractivity contribution is 5.74. The van der Waals surface area contributed by atoms with E-state index in [1.54, 1.807) is 0 Å². The molecule has 0 aromatic heterocycles. The van der Waals surface area contributed by atoms with Gasteiger partial charge in [0.2, 0.25) is 0 Å². The van der Waals surface area contributed by atoms with E-state index in [0.29, 0.717) is 19.4 Å². The zero-order chi connectivity index (χ0) is 19.6. The Morgan fingerprint density at radius 1 is 1.00 bits per heavy atom. The number of carboxylic acid groups (broad SMARTS) is 1. The molecule has 0 heterocycles. The Hall–Kier alpha value is -1.30. The van der Waals surface area contributed by atoms with Crippen molar-refractivity contribution >= 4 is 11.9 Å². The molecule has 0 fully saturated rings. The lowest BCUT2D eigenvalue weighted by Crippen LogP contribution is -2.42. The fourth-order valence-electron chi connectivity index (χ4n) is 3.32. The molecular formula is C20H42N4O2. The zero-order valence-corrected chi connectivity index (χ0v) is 17.1. The van der Waals surface area contributed by atoms with Gasteiger partial charge in [-0.2, -0.15) is 0 Å². The second-order valence-corrected chi connectivity index (χ2v) is 7.15. The minimum Gasteiger partial charge on any atom is -0.480 e. The minimum atomic E-state index is -0.748. The van der Waals surface area contributed by atoms with Crippen molar-refractivity contribution in [2.75, 3.05) is 19.6 Å². The number of carboxylic acids is 1. The topological polar surface area (TPSA) is 102 Å². The van der Waals surface area contributed by atoms with Crippen LogP contribution in [0.1, 0.15) is 90.9 Å². The van der Waals surface area contributed by atoms with Gasteiger partial charge in [0.05, 0.1) is 0 Å². The molecule has 0 amide bonds. The molecule has 0 saturated carbocycles. The van der Waals surface area contributed by atoms with Crippen LogP contribution in [-0.4, -0.2) is 47.6 Å². The second kappa shape index (κ2) is 17.1. The number of nitrogens with zero attached hydrogens (tertiary/aromatic N) is 1. The third kappa shape index (κ3) is 13.9. The average molecular weight is 371 g/mol. The Morgan fingerprint density at radius 3 is 2.00 bits per heavy atom. The number of hydrogen-bond donors (Lipinski definition) is 4. The van der Waals surface area contributed by atoms with Gasteiger partial charge in [-0.05, 0) is 32.4 Å². The van der Waals surface area contributed by atoms with E-state index < -0.39 is 12.0 Å². The maximum Gasteiger partial charge on any atom is 0.320 e. The fourth-order valence-corrected chi connectivity index (χ4v) is 3.32. The largest absolute Gasteiger partial charge is 0.480 e. The van der Waals surface area contributed by atoms with Crippen LogP contribution in [0.5, 0.6) is 0 Å². The lowest BCUT2D eigenvalue weighted by Gasteiger charge is -2.27. The van der Waals surface area contributed by atoms with Crippen molar-refractivity contribution in [2.45, 2.75) is 96.9 Å². The van der Waals surface area contributed by atoms with E-state index >= 15 is 0 Å². The van der Waals surface area contributed by atoms with Crippen LogP contribution in [0.4, 0.5) is 0 Å². The molecule has 0 rings (SSSR count). The molecule has 154 valence electrons. The number of likely N-dealkylation sites (N-methyl/N-ethyl adjacent to an activating group) is 1. The number of rotatable bonds is 18. The van der Waals surface area contributed by atoms with E-state index in [2.05, 4.69) is 17.1 Å². The molecular weight excluding hydrogens is 328 g/mol. The number of nitrogens with two attached hydrogens (primary N) is 1. The lowest BCUT2D eigenvalue weighted by molar-refractivity contribution is -0.143. The standard InChI is InChI=1S/C20H42N4O2/c1-3-5-6-7-8-9-10-11-12-13-17-24(4-2)18(19(25)26)15-14-16-23-20(21)22/h18H,3-17H2,1-2H3,(H,25,26)(H4,21,22,23). The summed E-state index contributed by atoms with van der Waals surface area (Å²) in [6.07, 6.45) is 14.2. The van der Waals surface area contributed by atoms with E-state index in [9.17, 15) is 9.90 Å². The van der Waals surface area contributed by atoms with E-state index in [-0.39, 0.29) is 5.96 Å². The smallest absolute Gasteiger partial charge is 0.320 e. The lowest BCUT2D eigenvalue weighted by atomic mass is 10.1. The number of aliphatic carboxylic acids is 1. The number of hydrogen-bond acceptors (Lipinski definition) is 3. The van der Waals surface area contributed by atoms with Crippen LogP contribution in [0.25, 0.3) is 0 Å². The van der Waals surface area contributed by atoms with Gasteiger partial charge in [0.25, 0.3) is 0 Å². The molecule has 1 unspecified atom stereocenters. The van der Waals surface area contributed by atoms with Crippen LogP contribution in [0.15, 0.2) is 0 Å². The van der Waals surface area contributed by atoms with Crippen molar-refractivity contribution in [2.24, 2.45) is 5.73 Å². The zero-order valence-electron chi connectivity index (χ0n) is 17.1. The van der Waals surface area contributed by atoms with Crippen molar-refractivity contribution in [3.63, 3.8) is 0 Å². The normalized spacial score (nSPS) is 12.3. The summed E-state index contributed by atoms with van der Waals surface area (Å²) in [4.78, 5) is 13.7. The molecule has 0 radical (unpaired) electrons. The second-order valence-electron chi connectivity index (χ2n) is 7.15. The third-order valence-corrected chi connectivity index (χ3v) is 4.90. The van der Waals surface area contributed by atoms with E-state index in [4.69, 9.17) is 11.1 Å². The summed E-state index contributed by atoms with van der Waals surface area (Å²) < 4.78 is 0. The predicted octanol–water partition coefficient (Wildman–Crippen LogP) is 3.95. The van der Waals surface area contributed by atoms with Gasteiger partial charge in [-0.1, -0.05) is 71.6 Å². The van der Waals surface area contributed by atoms with Crippen LogP contribution < -0.4 is 11.1 Å². The molecule has 6 heteroatoms. The van der Waals surface area contributed by atoms with Gasteiger partial charge in [0, 0.05) is 6.54 Å². The summed E-state index contributed by atoms with van der Waals surface area (Å²) in [7, 11) is 0. The van der Waals surface area contributed by atoms with Crippen molar-refractivity contribution < 1.29 is 9.90 Å². The summed E-state index contributed by atoms with van der Waals surface area (Å²) in [5, 5.41) is 19.4.